The normalized spacial score (nSPS) is 13.0. The van der Waals surface area contributed by atoms with Crippen molar-refractivity contribution in [1.29, 1.82) is 0 Å². The first-order chi connectivity index (χ1) is 22.2. The van der Waals surface area contributed by atoms with E-state index >= 15 is 0 Å². The molecule has 9 N–H and O–H groups in total. The zero-order valence-corrected chi connectivity index (χ0v) is 27.6. The Balaban J connectivity index is 2.04. The minimum atomic E-state index is -1.13. The number of para-hydroxylation sites is 1. The minimum Gasteiger partial charge on any atom is -0.465 e. The molecule has 2 unspecified atom stereocenters. The molecule has 0 spiro atoms. The van der Waals surface area contributed by atoms with Gasteiger partial charge in [0.2, 0.25) is 11.8 Å². The van der Waals surface area contributed by atoms with E-state index in [0.29, 0.717) is 41.9 Å². The number of benzene rings is 1. The van der Waals surface area contributed by atoms with Gasteiger partial charge in [-0.05, 0) is 45.6 Å². The van der Waals surface area contributed by atoms with Crippen LogP contribution >= 0.6 is 0 Å². The molecule has 0 aliphatic rings. The van der Waals surface area contributed by atoms with Crippen LogP contribution < -0.4 is 32.7 Å². The highest BCUT2D eigenvalue weighted by atomic mass is 16.5. The fourth-order valence-electron chi connectivity index (χ4n) is 4.92. The Morgan fingerprint density at radius 2 is 1.79 bits per heavy atom. The number of imidazole rings is 1. The Kier molecular flexibility index (Phi) is 13.2. The molecule has 2 atom stereocenters. The van der Waals surface area contributed by atoms with Crippen LogP contribution in [0.5, 0.6) is 0 Å². The molecule has 0 aliphatic carbocycles. The third-order valence-electron chi connectivity index (χ3n) is 7.37. The first-order valence-corrected chi connectivity index (χ1v) is 15.6. The predicted octanol–water partition coefficient (Wildman–Crippen LogP) is 2.04. The number of aromatic nitrogens is 3. The summed E-state index contributed by atoms with van der Waals surface area (Å²) in [4.78, 5) is 58.3. The molecule has 16 heteroatoms. The van der Waals surface area contributed by atoms with Gasteiger partial charge >= 0.3 is 12.1 Å². The van der Waals surface area contributed by atoms with Gasteiger partial charge in [0.25, 0.3) is 0 Å². The third-order valence-corrected chi connectivity index (χ3v) is 7.37. The summed E-state index contributed by atoms with van der Waals surface area (Å²) in [5, 5.41) is 20.1. The van der Waals surface area contributed by atoms with Gasteiger partial charge in [0.05, 0.1) is 35.8 Å². The summed E-state index contributed by atoms with van der Waals surface area (Å²) in [5.74, 6) is -0.420. The maximum absolute atomic E-state index is 13.8. The molecule has 0 saturated heterocycles. The SMILES string of the molecule is CCOCc1nc2c(NC(=O)C(CCCNC(N)=O)NC(=O)C(N)C(C)C)nc3ccccc3c2n1CC(C)(C)OCCNC(=O)O. The smallest absolute Gasteiger partial charge is 0.404 e. The number of hydrogen-bond acceptors (Lipinski definition) is 9. The Bertz CT molecular complexity index is 1560. The molecule has 0 bridgehead atoms. The van der Waals surface area contributed by atoms with E-state index in [1.807, 2.05) is 49.6 Å². The fourth-order valence-corrected chi connectivity index (χ4v) is 4.92. The minimum absolute atomic E-state index is 0.122. The van der Waals surface area contributed by atoms with E-state index in [0.717, 1.165) is 5.39 Å². The van der Waals surface area contributed by atoms with Crippen molar-refractivity contribution < 1.29 is 33.8 Å². The topological polar surface area (TPSA) is 238 Å². The highest BCUT2D eigenvalue weighted by molar-refractivity contribution is 6.10. The van der Waals surface area contributed by atoms with Crippen molar-refractivity contribution >= 4 is 51.7 Å². The second-order valence-corrected chi connectivity index (χ2v) is 12.0. The molecule has 2 heterocycles. The van der Waals surface area contributed by atoms with E-state index < -0.39 is 41.6 Å². The number of anilines is 1. The number of nitrogens with two attached hydrogens (primary N) is 2. The lowest BCUT2D eigenvalue weighted by Gasteiger charge is -2.27. The van der Waals surface area contributed by atoms with Gasteiger partial charge in [-0.25, -0.2) is 19.6 Å². The average Bonchev–Trinajstić information content (AvgIpc) is 3.36. The van der Waals surface area contributed by atoms with E-state index in [1.165, 1.54) is 0 Å². The molecule has 258 valence electrons. The first kappa shape index (κ1) is 36.9. The quantitative estimate of drug-likeness (QED) is 0.0983. The molecule has 2 aromatic heterocycles. The summed E-state index contributed by atoms with van der Waals surface area (Å²) in [7, 11) is 0. The fraction of sp³-hybridized carbons (Fsp3) is 0.548. The van der Waals surface area contributed by atoms with Gasteiger partial charge in [-0.15, -0.1) is 0 Å². The lowest BCUT2D eigenvalue weighted by molar-refractivity contribution is -0.128. The van der Waals surface area contributed by atoms with Crippen LogP contribution in [0.2, 0.25) is 0 Å². The van der Waals surface area contributed by atoms with Crippen LogP contribution in [0.25, 0.3) is 21.9 Å². The number of nitrogens with one attached hydrogen (secondary N) is 4. The lowest BCUT2D eigenvalue weighted by atomic mass is 10.0. The van der Waals surface area contributed by atoms with E-state index in [1.54, 1.807) is 13.8 Å². The lowest BCUT2D eigenvalue weighted by Crippen LogP contribution is -2.51. The Morgan fingerprint density at radius 3 is 2.45 bits per heavy atom. The number of hydrogen-bond donors (Lipinski definition) is 7. The number of primary amides is 1. The van der Waals surface area contributed by atoms with Crippen molar-refractivity contribution in [2.45, 2.75) is 78.3 Å². The van der Waals surface area contributed by atoms with Gasteiger partial charge in [0.15, 0.2) is 5.82 Å². The van der Waals surface area contributed by atoms with Gasteiger partial charge in [-0.3, -0.25) is 9.59 Å². The molecule has 0 aliphatic heterocycles. The maximum Gasteiger partial charge on any atom is 0.404 e. The summed E-state index contributed by atoms with van der Waals surface area (Å²) in [6.07, 6.45) is -0.597. The molecule has 0 fully saturated rings. The van der Waals surface area contributed by atoms with E-state index in [4.69, 9.17) is 36.0 Å². The zero-order valence-electron chi connectivity index (χ0n) is 27.6. The molecule has 3 rings (SSSR count). The summed E-state index contributed by atoms with van der Waals surface area (Å²) < 4.78 is 13.8. The maximum atomic E-state index is 13.8. The van der Waals surface area contributed by atoms with Crippen LogP contribution in [0, 0.1) is 5.92 Å². The van der Waals surface area contributed by atoms with Gasteiger partial charge in [-0.1, -0.05) is 32.0 Å². The number of pyridine rings is 1. The molecule has 1 aromatic carbocycles. The number of nitrogens with zero attached hydrogens (tertiary/aromatic N) is 3. The molecule has 5 amide bonds. The highest BCUT2D eigenvalue weighted by Gasteiger charge is 2.29. The van der Waals surface area contributed by atoms with Crippen molar-refractivity contribution in [1.82, 2.24) is 30.5 Å². The number of ether oxygens (including phenoxy) is 2. The Morgan fingerprint density at radius 1 is 1.06 bits per heavy atom. The second kappa shape index (κ2) is 16.9. The zero-order chi connectivity index (χ0) is 34.7. The van der Waals surface area contributed by atoms with Gasteiger partial charge in [0, 0.05) is 25.1 Å². The van der Waals surface area contributed by atoms with Crippen LogP contribution in [-0.2, 0) is 32.2 Å². The summed E-state index contributed by atoms with van der Waals surface area (Å²) in [5.41, 5.74) is 12.2. The van der Waals surface area contributed by atoms with E-state index in [2.05, 4.69) is 21.3 Å². The summed E-state index contributed by atoms with van der Waals surface area (Å²) in [6.45, 7) is 10.7. The Hall–Kier alpha value is -4.54. The van der Waals surface area contributed by atoms with Crippen molar-refractivity contribution in [2.75, 3.05) is 31.6 Å². The summed E-state index contributed by atoms with van der Waals surface area (Å²) >= 11 is 0. The molecule has 0 saturated carbocycles. The van der Waals surface area contributed by atoms with Crippen LogP contribution in [0.3, 0.4) is 0 Å². The first-order valence-electron chi connectivity index (χ1n) is 15.6. The number of rotatable bonds is 18. The molecule has 0 radical (unpaired) electrons. The summed E-state index contributed by atoms with van der Waals surface area (Å²) in [6, 6.07) is 4.92. The average molecular weight is 658 g/mol. The van der Waals surface area contributed by atoms with Crippen LogP contribution in [0.1, 0.15) is 53.3 Å². The number of carbonyl (C=O) groups is 4. The molecular weight excluding hydrogens is 610 g/mol. The number of amides is 5. The Labute approximate surface area is 273 Å². The van der Waals surface area contributed by atoms with Crippen LogP contribution in [0.15, 0.2) is 24.3 Å². The van der Waals surface area contributed by atoms with Crippen molar-refractivity contribution in [3.63, 3.8) is 0 Å². The van der Waals surface area contributed by atoms with Crippen molar-refractivity contribution in [3.05, 3.63) is 30.1 Å². The standard InChI is InChI=1S/C31H47N9O7/c1-6-46-16-22-38-24-25(40(22)17-31(4,5)47-15-14-35-30(44)45)19-10-7-8-11-20(19)36-26(24)39-27(41)21(12-9-13-34-29(33)43)37-28(42)23(32)18(2)3/h7-8,10-11,18,21,23,35H,6,9,12-17,32H2,1-5H3,(H,37,42)(H,44,45)(H3,33,34,43)(H,36,39,41). The number of fused-ring (bicyclic) bond motifs is 3. The van der Waals surface area contributed by atoms with Gasteiger partial charge in [-0.2, -0.15) is 0 Å². The number of urea groups is 1. The van der Waals surface area contributed by atoms with E-state index in [9.17, 15) is 19.2 Å². The number of carbonyl (C=O) groups excluding carboxylic acids is 3. The van der Waals surface area contributed by atoms with Crippen LogP contribution in [0.4, 0.5) is 15.4 Å². The largest absolute Gasteiger partial charge is 0.465 e. The highest BCUT2D eigenvalue weighted by Crippen LogP contribution is 2.32. The van der Waals surface area contributed by atoms with Crippen molar-refractivity contribution in [2.24, 2.45) is 17.4 Å². The monoisotopic (exact) mass is 657 g/mol. The van der Waals surface area contributed by atoms with Gasteiger partial charge < -0.3 is 51.9 Å². The number of carboxylic acid groups (broad SMARTS) is 1. The molecule has 47 heavy (non-hydrogen) atoms. The molecule has 3 aromatic rings. The second-order valence-electron chi connectivity index (χ2n) is 12.0. The predicted molar refractivity (Wildman–Crippen MR) is 177 cm³/mol. The van der Waals surface area contributed by atoms with Crippen molar-refractivity contribution in [3.8, 4) is 0 Å². The third kappa shape index (κ3) is 10.5. The molecular formula is C31H47N9O7. The van der Waals surface area contributed by atoms with E-state index in [-0.39, 0.29) is 44.5 Å². The molecule has 16 nitrogen and oxygen atoms in total. The van der Waals surface area contributed by atoms with Gasteiger partial charge in [0.1, 0.15) is 24.0 Å². The van der Waals surface area contributed by atoms with Crippen LogP contribution in [-0.4, -0.2) is 87.6 Å².